The summed E-state index contributed by atoms with van der Waals surface area (Å²) < 4.78 is 5.66. The molecule has 2 N–H and O–H groups in total. The van der Waals surface area contributed by atoms with Crippen LogP contribution in [0.5, 0.6) is 5.75 Å². The highest BCUT2D eigenvalue weighted by molar-refractivity contribution is 5.58. The van der Waals surface area contributed by atoms with E-state index in [2.05, 4.69) is 62.6 Å². The predicted molar refractivity (Wildman–Crippen MR) is 99.9 cm³/mol. The van der Waals surface area contributed by atoms with Crippen LogP contribution in [0, 0.1) is 20.8 Å². The molecule has 0 aliphatic heterocycles. The number of hydrogen-bond acceptors (Lipinski definition) is 3. The van der Waals surface area contributed by atoms with Crippen molar-refractivity contribution in [2.24, 2.45) is 0 Å². The average molecular weight is 312 g/mol. The molecule has 0 spiro atoms. The Hall–Kier alpha value is -2.16. The van der Waals surface area contributed by atoms with Crippen LogP contribution in [0.1, 0.15) is 30.0 Å². The fourth-order valence-electron chi connectivity index (χ4n) is 2.77. The van der Waals surface area contributed by atoms with Gasteiger partial charge >= 0.3 is 0 Å². The molecule has 3 nitrogen and oxygen atoms in total. The van der Waals surface area contributed by atoms with Gasteiger partial charge in [0.1, 0.15) is 5.75 Å². The van der Waals surface area contributed by atoms with E-state index in [1.165, 1.54) is 22.4 Å². The second kappa shape index (κ2) is 8.47. The Morgan fingerprint density at radius 1 is 0.913 bits per heavy atom. The van der Waals surface area contributed by atoms with Gasteiger partial charge in [-0.3, -0.25) is 0 Å². The molecule has 0 bridgehead atoms. The zero-order valence-electron chi connectivity index (χ0n) is 14.7. The molecule has 0 aliphatic carbocycles. The van der Waals surface area contributed by atoms with Crippen molar-refractivity contribution < 1.29 is 4.74 Å². The Labute approximate surface area is 140 Å². The first-order valence-electron chi connectivity index (χ1n) is 8.38. The molecular formula is C20H28N2O. The lowest BCUT2D eigenvalue weighted by molar-refractivity contribution is 0.317. The van der Waals surface area contributed by atoms with Crippen LogP contribution in [0.4, 0.5) is 11.4 Å². The van der Waals surface area contributed by atoms with Crippen molar-refractivity contribution in [3.63, 3.8) is 0 Å². The summed E-state index contributed by atoms with van der Waals surface area (Å²) in [5.74, 6) is 0.926. The SMILES string of the molecule is CCCOc1cccc(NCCNc2c(C)cc(C)cc2C)c1. The lowest BCUT2D eigenvalue weighted by Gasteiger charge is -2.15. The molecule has 124 valence electrons. The van der Waals surface area contributed by atoms with Gasteiger partial charge in [-0.05, 0) is 50.5 Å². The normalized spacial score (nSPS) is 10.4. The first kappa shape index (κ1) is 17.2. The molecule has 23 heavy (non-hydrogen) atoms. The first-order valence-corrected chi connectivity index (χ1v) is 8.38. The number of hydrogen-bond donors (Lipinski definition) is 2. The van der Waals surface area contributed by atoms with E-state index in [9.17, 15) is 0 Å². The monoisotopic (exact) mass is 312 g/mol. The van der Waals surface area contributed by atoms with Crippen LogP contribution in [-0.4, -0.2) is 19.7 Å². The summed E-state index contributed by atoms with van der Waals surface area (Å²) in [7, 11) is 0. The molecule has 0 radical (unpaired) electrons. The Kier molecular flexibility index (Phi) is 6.33. The van der Waals surface area contributed by atoms with Crippen molar-refractivity contribution in [3.8, 4) is 5.75 Å². The Bertz CT molecular complexity index is 614. The molecule has 0 aromatic heterocycles. The number of aryl methyl sites for hydroxylation is 3. The zero-order chi connectivity index (χ0) is 16.7. The fraction of sp³-hybridized carbons (Fsp3) is 0.400. The number of rotatable bonds is 8. The van der Waals surface area contributed by atoms with Crippen molar-refractivity contribution in [1.82, 2.24) is 0 Å². The van der Waals surface area contributed by atoms with Gasteiger partial charge in [-0.25, -0.2) is 0 Å². The molecule has 0 heterocycles. The standard InChI is InChI=1S/C20H28N2O/c1-5-11-23-19-8-6-7-18(14-19)21-9-10-22-20-16(3)12-15(2)13-17(20)4/h6-8,12-14,21-22H,5,9-11H2,1-4H3. The summed E-state index contributed by atoms with van der Waals surface area (Å²) in [6.07, 6.45) is 1.02. The van der Waals surface area contributed by atoms with E-state index in [0.29, 0.717) is 0 Å². The molecule has 0 amide bonds. The molecule has 0 saturated heterocycles. The number of ether oxygens (including phenoxy) is 1. The van der Waals surface area contributed by atoms with E-state index >= 15 is 0 Å². The summed E-state index contributed by atoms with van der Waals surface area (Å²) in [6.45, 7) is 11.1. The zero-order valence-corrected chi connectivity index (χ0v) is 14.7. The molecular weight excluding hydrogens is 284 g/mol. The molecule has 0 fully saturated rings. The summed E-state index contributed by atoms with van der Waals surface area (Å²) in [6, 6.07) is 12.6. The third kappa shape index (κ3) is 5.20. The third-order valence-corrected chi connectivity index (χ3v) is 3.74. The lowest BCUT2D eigenvalue weighted by Crippen LogP contribution is -2.15. The molecule has 0 atom stereocenters. The van der Waals surface area contributed by atoms with E-state index < -0.39 is 0 Å². The van der Waals surface area contributed by atoms with Crippen molar-refractivity contribution >= 4 is 11.4 Å². The van der Waals surface area contributed by atoms with Crippen LogP contribution >= 0.6 is 0 Å². The number of nitrogens with one attached hydrogen (secondary N) is 2. The van der Waals surface area contributed by atoms with Crippen LogP contribution in [0.3, 0.4) is 0 Å². The summed E-state index contributed by atoms with van der Waals surface area (Å²) in [5.41, 5.74) is 6.26. The van der Waals surface area contributed by atoms with Crippen LogP contribution in [0.15, 0.2) is 36.4 Å². The van der Waals surface area contributed by atoms with Gasteiger partial charge in [0.25, 0.3) is 0 Å². The quantitative estimate of drug-likeness (QED) is 0.678. The van der Waals surface area contributed by atoms with E-state index in [1.807, 2.05) is 12.1 Å². The molecule has 0 saturated carbocycles. The Morgan fingerprint density at radius 2 is 1.61 bits per heavy atom. The van der Waals surface area contributed by atoms with E-state index in [1.54, 1.807) is 0 Å². The predicted octanol–water partition coefficient (Wildman–Crippen LogP) is 4.92. The van der Waals surface area contributed by atoms with Gasteiger partial charge in [0.15, 0.2) is 0 Å². The second-order valence-corrected chi connectivity index (χ2v) is 6.00. The topological polar surface area (TPSA) is 33.3 Å². The van der Waals surface area contributed by atoms with E-state index in [4.69, 9.17) is 4.74 Å². The number of benzene rings is 2. The van der Waals surface area contributed by atoms with E-state index in [-0.39, 0.29) is 0 Å². The van der Waals surface area contributed by atoms with Gasteiger partial charge < -0.3 is 15.4 Å². The highest BCUT2D eigenvalue weighted by atomic mass is 16.5. The first-order chi connectivity index (χ1) is 11.1. The van der Waals surface area contributed by atoms with Crippen molar-refractivity contribution in [2.45, 2.75) is 34.1 Å². The van der Waals surface area contributed by atoms with Crippen LogP contribution < -0.4 is 15.4 Å². The minimum absolute atomic E-state index is 0.761. The van der Waals surface area contributed by atoms with Crippen molar-refractivity contribution in [3.05, 3.63) is 53.1 Å². The van der Waals surface area contributed by atoms with Gasteiger partial charge in [0.05, 0.1) is 6.61 Å². The van der Waals surface area contributed by atoms with Gasteiger partial charge in [0, 0.05) is 30.5 Å². The summed E-state index contributed by atoms with van der Waals surface area (Å²) in [4.78, 5) is 0. The van der Waals surface area contributed by atoms with Crippen LogP contribution in [-0.2, 0) is 0 Å². The van der Waals surface area contributed by atoms with Crippen LogP contribution in [0.2, 0.25) is 0 Å². The largest absolute Gasteiger partial charge is 0.494 e. The Balaban J connectivity index is 1.84. The number of anilines is 2. The molecule has 0 aliphatic rings. The molecule has 3 heteroatoms. The highest BCUT2D eigenvalue weighted by Crippen LogP contribution is 2.21. The van der Waals surface area contributed by atoms with Gasteiger partial charge in [-0.1, -0.05) is 30.7 Å². The third-order valence-electron chi connectivity index (χ3n) is 3.74. The summed E-state index contributed by atoms with van der Waals surface area (Å²) >= 11 is 0. The maximum absolute atomic E-state index is 5.66. The average Bonchev–Trinajstić information content (AvgIpc) is 2.51. The van der Waals surface area contributed by atoms with E-state index in [0.717, 1.165) is 37.6 Å². The second-order valence-electron chi connectivity index (χ2n) is 6.00. The Morgan fingerprint density at radius 3 is 2.30 bits per heavy atom. The maximum Gasteiger partial charge on any atom is 0.121 e. The van der Waals surface area contributed by atoms with Crippen molar-refractivity contribution in [1.29, 1.82) is 0 Å². The molecule has 2 aromatic carbocycles. The molecule has 2 rings (SSSR count). The van der Waals surface area contributed by atoms with Crippen LogP contribution in [0.25, 0.3) is 0 Å². The fourth-order valence-corrected chi connectivity index (χ4v) is 2.77. The van der Waals surface area contributed by atoms with Gasteiger partial charge in [-0.2, -0.15) is 0 Å². The maximum atomic E-state index is 5.66. The molecule has 0 unspecified atom stereocenters. The van der Waals surface area contributed by atoms with Gasteiger partial charge in [-0.15, -0.1) is 0 Å². The minimum atomic E-state index is 0.761. The highest BCUT2D eigenvalue weighted by Gasteiger charge is 2.03. The molecule has 2 aromatic rings. The lowest BCUT2D eigenvalue weighted by atomic mass is 10.1. The van der Waals surface area contributed by atoms with Gasteiger partial charge in [0.2, 0.25) is 0 Å². The van der Waals surface area contributed by atoms with Crippen molar-refractivity contribution in [2.75, 3.05) is 30.3 Å². The minimum Gasteiger partial charge on any atom is -0.494 e. The smallest absolute Gasteiger partial charge is 0.121 e. The summed E-state index contributed by atoms with van der Waals surface area (Å²) in [5, 5.41) is 6.97.